The van der Waals surface area contributed by atoms with Gasteiger partial charge in [0.2, 0.25) is 5.78 Å². The van der Waals surface area contributed by atoms with Gasteiger partial charge in [-0.15, -0.1) is 0 Å². The van der Waals surface area contributed by atoms with Crippen LogP contribution in [0.3, 0.4) is 0 Å². The van der Waals surface area contributed by atoms with E-state index in [0.717, 1.165) is 0 Å². The van der Waals surface area contributed by atoms with Crippen LogP contribution in [0.15, 0.2) is 55.1 Å². The van der Waals surface area contributed by atoms with Crippen molar-refractivity contribution in [3.8, 4) is 0 Å². The predicted molar refractivity (Wildman–Crippen MR) is 85.8 cm³/mol. The maximum Gasteiger partial charge on any atom is 0.338 e. The van der Waals surface area contributed by atoms with Crippen LogP contribution in [0, 0.1) is 0 Å². The molecule has 0 radical (unpaired) electrons. The smallest absolute Gasteiger partial charge is 0.338 e. The molecular weight excluding hydrogens is 296 g/mol. The number of hydrogen-bond donors (Lipinski definition) is 0. The summed E-state index contributed by atoms with van der Waals surface area (Å²) >= 11 is 0. The van der Waals surface area contributed by atoms with Crippen LogP contribution in [0.1, 0.15) is 15.9 Å². The fourth-order valence-corrected chi connectivity index (χ4v) is 2.36. The normalized spacial score (nSPS) is 20.1. The monoisotopic (exact) mass is 314 g/mol. The van der Waals surface area contributed by atoms with E-state index in [-0.39, 0.29) is 18.0 Å². The number of Topliss-reactive ketones (excluding diaryl/α,β-unsaturated/α-hetero) is 1. The largest absolute Gasteiger partial charge is 0.465 e. The molecule has 1 aliphatic rings. The third kappa shape index (κ3) is 3.16. The summed E-state index contributed by atoms with van der Waals surface area (Å²) in [4.78, 5) is 24.9. The Morgan fingerprint density at radius 1 is 1.26 bits per heavy atom. The molecule has 23 heavy (non-hydrogen) atoms. The van der Waals surface area contributed by atoms with Crippen molar-refractivity contribution in [2.45, 2.75) is 5.79 Å². The SMILES string of the molecule is C=C/C=C/COC1(OC)C=C(C(=O)OC)c2ccccc2C1=O. The maximum absolute atomic E-state index is 12.8. The van der Waals surface area contributed by atoms with Crippen LogP contribution < -0.4 is 0 Å². The van der Waals surface area contributed by atoms with Crippen molar-refractivity contribution in [2.24, 2.45) is 0 Å². The van der Waals surface area contributed by atoms with Gasteiger partial charge in [-0.25, -0.2) is 4.79 Å². The molecule has 0 aromatic heterocycles. The summed E-state index contributed by atoms with van der Waals surface area (Å²) in [5.74, 6) is -2.59. The third-order valence-electron chi connectivity index (χ3n) is 3.49. The Kier molecular flexibility index (Phi) is 5.26. The van der Waals surface area contributed by atoms with Crippen molar-refractivity contribution in [3.63, 3.8) is 0 Å². The van der Waals surface area contributed by atoms with Crippen molar-refractivity contribution in [1.29, 1.82) is 0 Å². The first-order valence-electron chi connectivity index (χ1n) is 7.01. The molecule has 1 unspecified atom stereocenters. The number of allylic oxidation sites excluding steroid dienone is 2. The minimum atomic E-state index is -1.66. The summed E-state index contributed by atoms with van der Waals surface area (Å²) in [6, 6.07) is 6.78. The van der Waals surface area contributed by atoms with Gasteiger partial charge < -0.3 is 14.2 Å². The van der Waals surface area contributed by atoms with E-state index in [4.69, 9.17) is 14.2 Å². The van der Waals surface area contributed by atoms with Crippen molar-refractivity contribution in [2.75, 3.05) is 20.8 Å². The number of carbonyl (C=O) groups excluding carboxylic acids is 2. The lowest BCUT2D eigenvalue weighted by molar-refractivity contribution is -0.147. The fourth-order valence-electron chi connectivity index (χ4n) is 2.36. The van der Waals surface area contributed by atoms with Crippen LogP contribution >= 0.6 is 0 Å². The lowest BCUT2D eigenvalue weighted by Crippen LogP contribution is -2.45. The summed E-state index contributed by atoms with van der Waals surface area (Å²) < 4.78 is 15.8. The summed E-state index contributed by atoms with van der Waals surface area (Å²) in [5.41, 5.74) is 1.09. The number of esters is 1. The van der Waals surface area contributed by atoms with Gasteiger partial charge in [-0.3, -0.25) is 4.79 Å². The van der Waals surface area contributed by atoms with E-state index in [1.807, 2.05) is 0 Å². The van der Waals surface area contributed by atoms with E-state index in [9.17, 15) is 9.59 Å². The minimum absolute atomic E-state index is 0.124. The second-order valence-electron chi connectivity index (χ2n) is 4.77. The number of methoxy groups -OCH3 is 2. The van der Waals surface area contributed by atoms with Crippen LogP contribution in [0.2, 0.25) is 0 Å². The van der Waals surface area contributed by atoms with Gasteiger partial charge in [0.05, 0.1) is 19.3 Å². The van der Waals surface area contributed by atoms with E-state index in [0.29, 0.717) is 11.1 Å². The molecule has 1 aromatic carbocycles. The number of hydrogen-bond acceptors (Lipinski definition) is 5. The minimum Gasteiger partial charge on any atom is -0.465 e. The second kappa shape index (κ2) is 7.17. The molecule has 0 saturated heterocycles. The summed E-state index contributed by atoms with van der Waals surface area (Å²) in [7, 11) is 2.64. The molecule has 0 heterocycles. The zero-order valence-corrected chi connectivity index (χ0v) is 13.1. The zero-order chi connectivity index (χ0) is 16.9. The van der Waals surface area contributed by atoms with Gasteiger partial charge in [-0.1, -0.05) is 49.1 Å². The van der Waals surface area contributed by atoms with Crippen LogP contribution in [-0.4, -0.2) is 38.4 Å². The molecule has 1 aliphatic carbocycles. The van der Waals surface area contributed by atoms with Gasteiger partial charge in [0.1, 0.15) is 0 Å². The van der Waals surface area contributed by atoms with E-state index in [1.165, 1.54) is 20.3 Å². The average molecular weight is 314 g/mol. The second-order valence-corrected chi connectivity index (χ2v) is 4.77. The van der Waals surface area contributed by atoms with Gasteiger partial charge in [-0.05, 0) is 11.6 Å². The van der Waals surface area contributed by atoms with Crippen molar-refractivity contribution in [1.82, 2.24) is 0 Å². The Morgan fingerprint density at radius 3 is 2.57 bits per heavy atom. The highest BCUT2D eigenvalue weighted by Crippen LogP contribution is 2.35. The molecule has 5 heteroatoms. The maximum atomic E-state index is 12.8. The van der Waals surface area contributed by atoms with Crippen molar-refractivity contribution >= 4 is 17.3 Å². The number of benzene rings is 1. The Balaban J connectivity index is 2.50. The van der Waals surface area contributed by atoms with Gasteiger partial charge in [-0.2, -0.15) is 0 Å². The molecule has 0 N–H and O–H groups in total. The number of carbonyl (C=O) groups is 2. The molecule has 0 spiro atoms. The highest BCUT2D eigenvalue weighted by molar-refractivity contribution is 6.24. The molecule has 5 nitrogen and oxygen atoms in total. The molecule has 1 atom stereocenters. The van der Waals surface area contributed by atoms with E-state index >= 15 is 0 Å². The van der Waals surface area contributed by atoms with Crippen LogP contribution in [0.25, 0.3) is 5.57 Å². The first-order valence-corrected chi connectivity index (χ1v) is 7.01. The topological polar surface area (TPSA) is 61.8 Å². The number of ketones is 1. The van der Waals surface area contributed by atoms with Crippen molar-refractivity contribution < 1.29 is 23.8 Å². The summed E-state index contributed by atoms with van der Waals surface area (Å²) in [6.45, 7) is 3.68. The van der Waals surface area contributed by atoms with Crippen molar-refractivity contribution in [3.05, 3.63) is 66.3 Å². The molecule has 0 fully saturated rings. The summed E-state index contributed by atoms with van der Waals surface area (Å²) in [6.07, 6.45) is 6.34. The highest BCUT2D eigenvalue weighted by atomic mass is 16.7. The molecule has 2 rings (SSSR count). The first-order chi connectivity index (χ1) is 11.1. The third-order valence-corrected chi connectivity index (χ3v) is 3.49. The van der Waals surface area contributed by atoms with Gasteiger partial charge in [0.25, 0.3) is 5.79 Å². The molecule has 1 aromatic rings. The van der Waals surface area contributed by atoms with Crippen LogP contribution in [0.4, 0.5) is 0 Å². The van der Waals surface area contributed by atoms with E-state index in [2.05, 4.69) is 6.58 Å². The Hall–Kier alpha value is -2.50. The lowest BCUT2D eigenvalue weighted by atomic mass is 9.86. The number of ether oxygens (including phenoxy) is 3. The van der Waals surface area contributed by atoms with Gasteiger partial charge >= 0.3 is 5.97 Å². The van der Waals surface area contributed by atoms with E-state index < -0.39 is 11.8 Å². The fraction of sp³-hybridized carbons (Fsp3) is 0.222. The lowest BCUT2D eigenvalue weighted by Gasteiger charge is -2.32. The molecule has 120 valence electrons. The van der Waals surface area contributed by atoms with Crippen LogP contribution in [0.5, 0.6) is 0 Å². The Morgan fingerprint density at radius 2 is 1.96 bits per heavy atom. The van der Waals surface area contributed by atoms with Crippen LogP contribution in [-0.2, 0) is 19.0 Å². The molecule has 0 bridgehead atoms. The zero-order valence-electron chi connectivity index (χ0n) is 13.1. The molecular formula is C18H18O5. The standard InChI is InChI=1S/C18H18O5/c1-4-5-8-11-23-18(22-3)12-15(17(20)21-2)13-9-6-7-10-14(13)16(18)19/h4-10,12H,1,11H2,2-3H3/b8-5+. The van der Waals surface area contributed by atoms with E-state index in [1.54, 1.807) is 42.5 Å². The highest BCUT2D eigenvalue weighted by Gasteiger charge is 2.44. The number of fused-ring (bicyclic) bond motifs is 1. The number of rotatable bonds is 6. The molecule has 0 aliphatic heterocycles. The average Bonchev–Trinajstić information content (AvgIpc) is 2.60. The molecule has 0 amide bonds. The first kappa shape index (κ1) is 16.9. The summed E-state index contributed by atoms with van der Waals surface area (Å²) in [5, 5.41) is 0. The molecule has 0 saturated carbocycles. The predicted octanol–water partition coefficient (Wildman–Crippen LogP) is 2.54. The Labute approximate surface area is 134 Å². The Bertz CT molecular complexity index is 686. The van der Waals surface area contributed by atoms with Gasteiger partial charge in [0, 0.05) is 12.7 Å². The van der Waals surface area contributed by atoms with Gasteiger partial charge in [0.15, 0.2) is 0 Å². The quantitative estimate of drug-likeness (QED) is 0.459.